The van der Waals surface area contributed by atoms with Crippen LogP contribution >= 0.6 is 0 Å². The van der Waals surface area contributed by atoms with Gasteiger partial charge < -0.3 is 14.4 Å². The third kappa shape index (κ3) is 9.08. The van der Waals surface area contributed by atoms with Gasteiger partial charge in [-0.1, -0.05) is 84.5 Å². The number of carbonyl (C=O) groups excluding carboxylic acids is 2. The zero-order valence-electron chi connectivity index (χ0n) is 24.1. The number of amides is 1. The van der Waals surface area contributed by atoms with Gasteiger partial charge in [0.1, 0.15) is 11.5 Å². The molecule has 2 atom stereocenters. The standard InChI is InChI=1S/C33H46FNO4/c1-4-6-8-10-12-14-16-29-25(3)35(32(29)36)31-22-21-28(24-30(31)34)39-33(37)26-17-19-27(20-18-26)38-23-15-13-11-9-7-5-2/h17-22,24-25,29H,4-16,23H2,1-3H3/t25-,29+/m0/s1. The molecule has 1 aliphatic heterocycles. The first-order chi connectivity index (χ1) is 19.0. The predicted molar refractivity (Wildman–Crippen MR) is 155 cm³/mol. The van der Waals surface area contributed by atoms with E-state index in [4.69, 9.17) is 9.47 Å². The zero-order chi connectivity index (χ0) is 28.0. The molecule has 3 rings (SSSR count). The van der Waals surface area contributed by atoms with Crippen molar-refractivity contribution in [2.45, 2.75) is 110 Å². The Morgan fingerprint density at radius 1 is 0.821 bits per heavy atom. The first-order valence-electron chi connectivity index (χ1n) is 15.0. The highest BCUT2D eigenvalue weighted by molar-refractivity contribution is 6.03. The monoisotopic (exact) mass is 539 g/mol. The molecule has 1 amide bonds. The minimum absolute atomic E-state index is 0.0292. The molecule has 0 aromatic heterocycles. The summed E-state index contributed by atoms with van der Waals surface area (Å²) < 4.78 is 26.1. The van der Waals surface area contributed by atoms with Crippen LogP contribution in [0.3, 0.4) is 0 Å². The summed E-state index contributed by atoms with van der Waals surface area (Å²) in [4.78, 5) is 26.9. The lowest BCUT2D eigenvalue weighted by Crippen LogP contribution is -2.60. The van der Waals surface area contributed by atoms with E-state index in [-0.39, 0.29) is 29.3 Å². The number of ether oxygens (including phenoxy) is 2. The Bertz CT molecular complexity index is 1040. The van der Waals surface area contributed by atoms with Crippen molar-refractivity contribution in [2.75, 3.05) is 11.5 Å². The highest BCUT2D eigenvalue weighted by Gasteiger charge is 2.45. The van der Waals surface area contributed by atoms with Gasteiger partial charge >= 0.3 is 5.97 Å². The van der Waals surface area contributed by atoms with Crippen molar-refractivity contribution in [2.24, 2.45) is 5.92 Å². The molecule has 0 radical (unpaired) electrons. The first-order valence-corrected chi connectivity index (χ1v) is 15.0. The Morgan fingerprint density at radius 3 is 2.03 bits per heavy atom. The summed E-state index contributed by atoms with van der Waals surface area (Å²) in [5, 5.41) is 0. The van der Waals surface area contributed by atoms with E-state index in [1.807, 2.05) is 6.92 Å². The van der Waals surface area contributed by atoms with Crippen LogP contribution in [-0.4, -0.2) is 24.5 Å². The summed E-state index contributed by atoms with van der Waals surface area (Å²) in [5.41, 5.74) is 0.592. The van der Waals surface area contributed by atoms with Gasteiger partial charge in [-0.15, -0.1) is 0 Å². The van der Waals surface area contributed by atoms with Crippen LogP contribution in [-0.2, 0) is 4.79 Å². The molecular weight excluding hydrogens is 493 g/mol. The van der Waals surface area contributed by atoms with Crippen molar-refractivity contribution in [3.05, 3.63) is 53.8 Å². The van der Waals surface area contributed by atoms with E-state index in [2.05, 4.69) is 13.8 Å². The van der Waals surface area contributed by atoms with Crippen molar-refractivity contribution in [3.63, 3.8) is 0 Å². The maximum atomic E-state index is 15.0. The second-order valence-electron chi connectivity index (χ2n) is 10.8. The van der Waals surface area contributed by atoms with E-state index >= 15 is 0 Å². The molecule has 0 bridgehead atoms. The molecule has 0 saturated carbocycles. The van der Waals surface area contributed by atoms with Crippen LogP contribution < -0.4 is 14.4 Å². The van der Waals surface area contributed by atoms with E-state index in [0.29, 0.717) is 17.9 Å². The molecule has 1 saturated heterocycles. The largest absolute Gasteiger partial charge is 0.494 e. The summed E-state index contributed by atoms with van der Waals surface area (Å²) in [6.07, 6.45) is 15.2. The van der Waals surface area contributed by atoms with Gasteiger partial charge in [0.25, 0.3) is 0 Å². The smallest absolute Gasteiger partial charge is 0.343 e. The fourth-order valence-corrected chi connectivity index (χ4v) is 5.20. The number of rotatable bonds is 18. The maximum Gasteiger partial charge on any atom is 0.343 e. The number of halogens is 1. The molecule has 1 heterocycles. The average molecular weight is 540 g/mol. The molecular formula is C33H46FNO4. The molecule has 1 fully saturated rings. The quantitative estimate of drug-likeness (QED) is 0.0821. The second-order valence-corrected chi connectivity index (χ2v) is 10.8. The summed E-state index contributed by atoms with van der Waals surface area (Å²) in [5.74, 6) is -0.411. The Kier molecular flexibility index (Phi) is 12.8. The summed E-state index contributed by atoms with van der Waals surface area (Å²) in [6.45, 7) is 7.03. The Balaban J connectivity index is 1.44. The highest BCUT2D eigenvalue weighted by Crippen LogP contribution is 2.38. The number of carbonyl (C=O) groups is 2. The fraction of sp³-hybridized carbons (Fsp3) is 0.576. The molecule has 0 spiro atoms. The van der Waals surface area contributed by atoms with E-state index in [0.717, 1.165) is 32.1 Å². The SMILES string of the molecule is CCCCCCCCOc1ccc(C(=O)Oc2ccc(N3C(=O)[C@H](CCCCCCCC)[C@@H]3C)c(F)c2)cc1. The van der Waals surface area contributed by atoms with Crippen molar-refractivity contribution < 1.29 is 23.5 Å². The normalized spacial score (nSPS) is 16.7. The number of nitrogens with zero attached hydrogens (tertiary/aromatic N) is 1. The molecule has 0 N–H and O–H groups in total. The Hall–Kier alpha value is -2.89. The highest BCUT2D eigenvalue weighted by atomic mass is 19.1. The lowest BCUT2D eigenvalue weighted by Gasteiger charge is -2.45. The maximum absolute atomic E-state index is 15.0. The van der Waals surface area contributed by atoms with Crippen molar-refractivity contribution in [1.29, 1.82) is 0 Å². The number of esters is 1. The van der Waals surface area contributed by atoms with Gasteiger partial charge in [-0.25, -0.2) is 9.18 Å². The number of β-lactam (4-membered cyclic amide) rings is 1. The van der Waals surface area contributed by atoms with Crippen LogP contribution in [0.2, 0.25) is 0 Å². The predicted octanol–water partition coefficient (Wildman–Crippen LogP) is 8.89. The first kappa shape index (κ1) is 30.6. The van der Waals surface area contributed by atoms with Gasteiger partial charge in [0.05, 0.1) is 23.8 Å². The van der Waals surface area contributed by atoms with E-state index in [1.54, 1.807) is 24.3 Å². The number of anilines is 1. The second kappa shape index (κ2) is 16.3. The van der Waals surface area contributed by atoms with E-state index < -0.39 is 11.8 Å². The van der Waals surface area contributed by atoms with E-state index in [1.165, 1.54) is 74.5 Å². The molecule has 214 valence electrons. The number of benzene rings is 2. The van der Waals surface area contributed by atoms with Gasteiger partial charge in [-0.3, -0.25) is 4.79 Å². The Labute approximate surface area is 234 Å². The third-order valence-corrected chi connectivity index (χ3v) is 7.66. The lowest BCUT2D eigenvalue weighted by atomic mass is 9.83. The molecule has 1 aliphatic rings. The molecule has 5 nitrogen and oxygen atoms in total. The van der Waals surface area contributed by atoms with E-state index in [9.17, 15) is 14.0 Å². The molecule has 0 unspecified atom stereocenters. The molecule has 2 aromatic rings. The molecule has 2 aromatic carbocycles. The summed E-state index contributed by atoms with van der Waals surface area (Å²) >= 11 is 0. The topological polar surface area (TPSA) is 55.8 Å². The summed E-state index contributed by atoms with van der Waals surface area (Å²) in [6, 6.07) is 11.0. The number of unbranched alkanes of at least 4 members (excludes halogenated alkanes) is 10. The number of hydrogen-bond acceptors (Lipinski definition) is 4. The van der Waals surface area contributed by atoms with Gasteiger partial charge in [0.15, 0.2) is 5.82 Å². The van der Waals surface area contributed by atoms with Crippen LogP contribution in [0.1, 0.15) is 115 Å². The zero-order valence-corrected chi connectivity index (χ0v) is 24.1. The van der Waals surface area contributed by atoms with Gasteiger partial charge in [0.2, 0.25) is 5.91 Å². The molecule has 0 aliphatic carbocycles. The fourth-order valence-electron chi connectivity index (χ4n) is 5.20. The van der Waals surface area contributed by atoms with Crippen molar-refractivity contribution in [3.8, 4) is 11.5 Å². The van der Waals surface area contributed by atoms with Crippen LogP contribution in [0.15, 0.2) is 42.5 Å². The third-order valence-electron chi connectivity index (χ3n) is 7.66. The van der Waals surface area contributed by atoms with Crippen LogP contribution in [0.4, 0.5) is 10.1 Å². The van der Waals surface area contributed by atoms with Gasteiger partial charge in [0, 0.05) is 12.1 Å². The van der Waals surface area contributed by atoms with Gasteiger partial charge in [-0.2, -0.15) is 0 Å². The Morgan fingerprint density at radius 2 is 1.41 bits per heavy atom. The lowest BCUT2D eigenvalue weighted by molar-refractivity contribution is -0.130. The van der Waals surface area contributed by atoms with Crippen molar-refractivity contribution >= 4 is 17.6 Å². The van der Waals surface area contributed by atoms with Gasteiger partial charge in [-0.05, 0) is 56.2 Å². The molecule has 6 heteroatoms. The minimum Gasteiger partial charge on any atom is -0.494 e. The number of hydrogen-bond donors (Lipinski definition) is 0. The van der Waals surface area contributed by atoms with Crippen LogP contribution in [0, 0.1) is 11.7 Å². The van der Waals surface area contributed by atoms with Crippen LogP contribution in [0.5, 0.6) is 11.5 Å². The van der Waals surface area contributed by atoms with Crippen molar-refractivity contribution in [1.82, 2.24) is 0 Å². The van der Waals surface area contributed by atoms with Crippen LogP contribution in [0.25, 0.3) is 0 Å². The average Bonchev–Trinajstić information content (AvgIpc) is 2.93. The molecule has 39 heavy (non-hydrogen) atoms. The summed E-state index contributed by atoms with van der Waals surface area (Å²) in [7, 11) is 0. The minimum atomic E-state index is -0.572.